The molecule has 80 valence electrons. The molecule has 0 saturated heterocycles. The lowest BCUT2D eigenvalue weighted by molar-refractivity contribution is 0.205. The zero-order valence-electron chi connectivity index (χ0n) is 9.23. The second-order valence-electron chi connectivity index (χ2n) is 3.81. The van der Waals surface area contributed by atoms with Crippen molar-refractivity contribution in [1.82, 2.24) is 4.90 Å². The van der Waals surface area contributed by atoms with E-state index in [9.17, 15) is 0 Å². The Hall–Kier alpha value is -1.51. The van der Waals surface area contributed by atoms with Crippen molar-refractivity contribution in [3.63, 3.8) is 0 Å². The average Bonchev–Trinajstić information content (AvgIpc) is 2.73. The zero-order chi connectivity index (χ0) is 10.7. The molecule has 0 fully saturated rings. The Bertz CT molecular complexity index is 374. The summed E-state index contributed by atoms with van der Waals surface area (Å²) in [5.41, 5.74) is 2.48. The van der Waals surface area contributed by atoms with Crippen LogP contribution >= 0.6 is 0 Å². The van der Waals surface area contributed by atoms with Gasteiger partial charge in [-0.1, -0.05) is 12.1 Å². The molecule has 0 atom stereocenters. The summed E-state index contributed by atoms with van der Waals surface area (Å²) < 4.78 is 5.74. The molecule has 3 heteroatoms. The summed E-state index contributed by atoms with van der Waals surface area (Å²) in [7, 11) is 0. The molecule has 0 spiro atoms. The minimum absolute atomic E-state index is 0.591. The molecule has 0 N–H and O–H groups in total. The van der Waals surface area contributed by atoms with Crippen molar-refractivity contribution in [2.75, 3.05) is 19.8 Å². The van der Waals surface area contributed by atoms with Gasteiger partial charge in [0.25, 0.3) is 0 Å². The first-order chi connectivity index (χ1) is 7.27. The molecule has 0 aromatic heterocycles. The highest BCUT2D eigenvalue weighted by Gasteiger charge is 2.07. The van der Waals surface area contributed by atoms with E-state index in [0.717, 1.165) is 18.8 Å². The van der Waals surface area contributed by atoms with Crippen LogP contribution in [0.5, 0.6) is 5.75 Å². The van der Waals surface area contributed by atoms with Gasteiger partial charge in [0, 0.05) is 6.54 Å². The number of rotatable bonds is 3. The van der Waals surface area contributed by atoms with Crippen LogP contribution in [0, 0.1) is 13.8 Å². The minimum atomic E-state index is 0.591. The van der Waals surface area contributed by atoms with Gasteiger partial charge in [-0.2, -0.15) is 0 Å². The Morgan fingerprint density at radius 2 is 2.27 bits per heavy atom. The second-order valence-corrected chi connectivity index (χ2v) is 3.81. The third-order valence-electron chi connectivity index (χ3n) is 2.70. The van der Waals surface area contributed by atoms with E-state index < -0.39 is 0 Å². The van der Waals surface area contributed by atoms with Crippen molar-refractivity contribution in [3.05, 3.63) is 29.3 Å². The monoisotopic (exact) mass is 204 g/mol. The molecule has 0 radical (unpaired) electrons. The van der Waals surface area contributed by atoms with Gasteiger partial charge in [-0.15, -0.1) is 0 Å². The Labute approximate surface area is 90.4 Å². The summed E-state index contributed by atoms with van der Waals surface area (Å²) in [6.07, 6.45) is 1.85. The van der Waals surface area contributed by atoms with Gasteiger partial charge in [0.2, 0.25) is 0 Å². The van der Waals surface area contributed by atoms with Gasteiger partial charge < -0.3 is 9.64 Å². The quantitative estimate of drug-likeness (QED) is 0.752. The SMILES string of the molecule is Cc1cccc(OCN2C=NCC2)c1C. The van der Waals surface area contributed by atoms with Crippen molar-refractivity contribution < 1.29 is 4.74 Å². The molecule has 0 amide bonds. The van der Waals surface area contributed by atoms with Crippen LogP contribution in [0.3, 0.4) is 0 Å². The van der Waals surface area contributed by atoms with Crippen molar-refractivity contribution in [3.8, 4) is 5.75 Å². The van der Waals surface area contributed by atoms with Gasteiger partial charge in [-0.25, -0.2) is 0 Å². The fraction of sp³-hybridized carbons (Fsp3) is 0.417. The van der Waals surface area contributed by atoms with Gasteiger partial charge in [-0.05, 0) is 31.0 Å². The summed E-state index contributed by atoms with van der Waals surface area (Å²) in [6, 6.07) is 6.13. The average molecular weight is 204 g/mol. The van der Waals surface area contributed by atoms with Crippen LogP contribution in [-0.2, 0) is 0 Å². The van der Waals surface area contributed by atoms with Gasteiger partial charge in [0.05, 0.1) is 12.9 Å². The van der Waals surface area contributed by atoms with Crippen LogP contribution in [0.15, 0.2) is 23.2 Å². The molecule has 1 aromatic carbocycles. The number of aliphatic imine (C=N–C) groups is 1. The third kappa shape index (κ3) is 2.29. The summed E-state index contributed by atoms with van der Waals surface area (Å²) in [6.45, 7) is 6.62. The van der Waals surface area contributed by atoms with E-state index in [4.69, 9.17) is 4.74 Å². The largest absolute Gasteiger partial charge is 0.473 e. The first-order valence-electron chi connectivity index (χ1n) is 5.20. The van der Waals surface area contributed by atoms with E-state index in [0.29, 0.717) is 6.73 Å². The van der Waals surface area contributed by atoms with E-state index in [1.54, 1.807) is 0 Å². The predicted molar refractivity (Wildman–Crippen MR) is 61.5 cm³/mol. The number of aryl methyl sites for hydroxylation is 1. The van der Waals surface area contributed by atoms with Crippen molar-refractivity contribution in [2.24, 2.45) is 4.99 Å². The maximum absolute atomic E-state index is 5.74. The van der Waals surface area contributed by atoms with Gasteiger partial charge in [0.15, 0.2) is 6.73 Å². The fourth-order valence-electron chi connectivity index (χ4n) is 1.55. The van der Waals surface area contributed by atoms with Crippen LogP contribution < -0.4 is 4.74 Å². The third-order valence-corrected chi connectivity index (χ3v) is 2.70. The predicted octanol–water partition coefficient (Wildman–Crippen LogP) is 1.98. The van der Waals surface area contributed by atoms with E-state index in [-0.39, 0.29) is 0 Å². The van der Waals surface area contributed by atoms with E-state index in [2.05, 4.69) is 29.8 Å². The molecule has 1 aliphatic heterocycles. The lowest BCUT2D eigenvalue weighted by Gasteiger charge is -2.16. The smallest absolute Gasteiger partial charge is 0.162 e. The number of hydrogen-bond acceptors (Lipinski definition) is 3. The normalized spacial score (nSPS) is 14.7. The lowest BCUT2D eigenvalue weighted by atomic mass is 10.1. The maximum atomic E-state index is 5.74. The molecule has 15 heavy (non-hydrogen) atoms. The van der Waals surface area contributed by atoms with Crippen LogP contribution in [0.4, 0.5) is 0 Å². The van der Waals surface area contributed by atoms with Crippen LogP contribution in [0.2, 0.25) is 0 Å². The van der Waals surface area contributed by atoms with E-state index in [1.165, 1.54) is 11.1 Å². The van der Waals surface area contributed by atoms with E-state index in [1.807, 2.05) is 18.5 Å². The first-order valence-corrected chi connectivity index (χ1v) is 5.20. The molecule has 0 bridgehead atoms. The number of ether oxygens (including phenoxy) is 1. The fourth-order valence-corrected chi connectivity index (χ4v) is 1.55. The number of hydrogen-bond donors (Lipinski definition) is 0. The van der Waals surface area contributed by atoms with Gasteiger partial charge in [0.1, 0.15) is 5.75 Å². The van der Waals surface area contributed by atoms with Crippen LogP contribution in [0.1, 0.15) is 11.1 Å². The van der Waals surface area contributed by atoms with Gasteiger partial charge >= 0.3 is 0 Å². The number of benzene rings is 1. The molecule has 0 aliphatic carbocycles. The van der Waals surface area contributed by atoms with E-state index >= 15 is 0 Å². The second kappa shape index (κ2) is 4.34. The Morgan fingerprint density at radius 3 is 3.00 bits per heavy atom. The minimum Gasteiger partial charge on any atom is -0.473 e. The Morgan fingerprint density at radius 1 is 1.40 bits per heavy atom. The first kappa shape index (κ1) is 10.0. The Balaban J connectivity index is 1.98. The summed E-state index contributed by atoms with van der Waals surface area (Å²) in [5.74, 6) is 0.968. The number of nitrogens with zero attached hydrogens (tertiary/aromatic N) is 2. The van der Waals surface area contributed by atoms with Crippen molar-refractivity contribution in [2.45, 2.75) is 13.8 Å². The molecular weight excluding hydrogens is 188 g/mol. The molecular formula is C12H16N2O. The summed E-state index contributed by atoms with van der Waals surface area (Å²) in [5, 5.41) is 0. The molecule has 0 saturated carbocycles. The molecule has 2 rings (SSSR count). The molecule has 1 heterocycles. The topological polar surface area (TPSA) is 24.8 Å². The summed E-state index contributed by atoms with van der Waals surface area (Å²) in [4.78, 5) is 6.21. The standard InChI is InChI=1S/C12H16N2O/c1-10-4-3-5-12(11(10)2)15-9-14-7-6-13-8-14/h3-5,8H,6-7,9H2,1-2H3. The molecule has 3 nitrogen and oxygen atoms in total. The van der Waals surface area contributed by atoms with Crippen LogP contribution in [0.25, 0.3) is 0 Å². The maximum Gasteiger partial charge on any atom is 0.162 e. The van der Waals surface area contributed by atoms with Crippen molar-refractivity contribution >= 4 is 6.34 Å². The summed E-state index contributed by atoms with van der Waals surface area (Å²) >= 11 is 0. The lowest BCUT2D eigenvalue weighted by Crippen LogP contribution is -2.25. The van der Waals surface area contributed by atoms with Crippen molar-refractivity contribution in [1.29, 1.82) is 0 Å². The molecule has 1 aromatic rings. The molecule has 1 aliphatic rings. The highest BCUT2D eigenvalue weighted by atomic mass is 16.5. The Kier molecular flexibility index (Phi) is 2.90. The zero-order valence-corrected chi connectivity index (χ0v) is 9.23. The highest BCUT2D eigenvalue weighted by Crippen LogP contribution is 2.20. The highest BCUT2D eigenvalue weighted by molar-refractivity contribution is 5.56. The molecule has 0 unspecified atom stereocenters. The van der Waals surface area contributed by atoms with Gasteiger partial charge in [-0.3, -0.25) is 4.99 Å². The van der Waals surface area contributed by atoms with Crippen LogP contribution in [-0.4, -0.2) is 31.1 Å².